The molecule has 0 radical (unpaired) electrons. The number of halogens is 1. The van der Waals surface area contributed by atoms with Gasteiger partial charge in [-0.2, -0.15) is 5.10 Å². The Hall–Kier alpha value is -1.63. The average molecular weight is 285 g/mol. The van der Waals surface area contributed by atoms with E-state index in [0.717, 1.165) is 16.6 Å². The zero-order valence-electron chi connectivity index (χ0n) is 10.6. The largest absolute Gasteiger partial charge is 0.383 e. The maximum absolute atomic E-state index is 11.6. The molecule has 1 aromatic carbocycles. The first-order chi connectivity index (χ1) is 8.79. The number of amides is 1. The number of carbonyl (C=O) groups excluding carboxylic acids is 1. The zero-order valence-corrected chi connectivity index (χ0v) is 11.4. The molecule has 0 aliphatic rings. The Bertz CT molecular complexity index is 529. The summed E-state index contributed by atoms with van der Waals surface area (Å²) in [5, 5.41) is 13.6. The first-order valence-electron chi connectivity index (χ1n) is 5.72. The van der Waals surface area contributed by atoms with Crippen molar-refractivity contribution < 1.29 is 9.53 Å². The lowest BCUT2D eigenvalue weighted by Crippen LogP contribution is -2.30. The quantitative estimate of drug-likeness (QED) is 0.696. The number of aromatic amines is 1. The fraction of sp³-hybridized carbons (Fsp3) is 0.333. The van der Waals surface area contributed by atoms with Gasteiger partial charge in [0.1, 0.15) is 0 Å². The molecular formula is C12H17ClN4O2. The first-order valence-corrected chi connectivity index (χ1v) is 5.72. The van der Waals surface area contributed by atoms with E-state index in [-0.39, 0.29) is 24.9 Å². The number of nitrogens with one attached hydrogen (secondary N) is 3. The number of hydrogen-bond acceptors (Lipinski definition) is 4. The number of anilines is 1. The van der Waals surface area contributed by atoms with E-state index in [4.69, 9.17) is 4.74 Å². The number of nitrogens with zero attached hydrogens (tertiary/aromatic N) is 1. The number of aromatic nitrogens is 2. The predicted molar refractivity (Wildman–Crippen MR) is 76.7 cm³/mol. The Morgan fingerprint density at radius 1 is 1.47 bits per heavy atom. The van der Waals surface area contributed by atoms with Gasteiger partial charge >= 0.3 is 0 Å². The second-order valence-electron chi connectivity index (χ2n) is 3.89. The van der Waals surface area contributed by atoms with E-state index in [1.54, 1.807) is 13.3 Å². The summed E-state index contributed by atoms with van der Waals surface area (Å²) in [6.45, 7) is 1.52. The second-order valence-corrected chi connectivity index (χ2v) is 3.89. The molecule has 0 atom stereocenters. The molecule has 0 saturated heterocycles. The molecule has 2 rings (SSSR count). The smallest absolute Gasteiger partial charge is 0.238 e. The molecule has 7 heteroatoms. The van der Waals surface area contributed by atoms with E-state index in [1.165, 1.54) is 0 Å². The minimum atomic E-state index is -0.0750. The average Bonchev–Trinajstić information content (AvgIpc) is 2.82. The predicted octanol–water partition coefficient (Wildman–Crippen LogP) is 1.16. The molecule has 0 unspecified atom stereocenters. The van der Waals surface area contributed by atoms with Gasteiger partial charge in [-0.1, -0.05) is 0 Å². The molecule has 0 saturated carbocycles. The fourth-order valence-electron chi connectivity index (χ4n) is 1.60. The van der Waals surface area contributed by atoms with Crippen LogP contribution in [0.25, 0.3) is 10.9 Å². The van der Waals surface area contributed by atoms with E-state index in [1.807, 2.05) is 18.2 Å². The summed E-state index contributed by atoms with van der Waals surface area (Å²) >= 11 is 0. The highest BCUT2D eigenvalue weighted by atomic mass is 35.5. The highest BCUT2D eigenvalue weighted by Crippen LogP contribution is 2.16. The van der Waals surface area contributed by atoms with Gasteiger partial charge in [0.25, 0.3) is 0 Å². The summed E-state index contributed by atoms with van der Waals surface area (Å²) in [5.41, 5.74) is 1.72. The van der Waals surface area contributed by atoms with Crippen LogP contribution in [0.2, 0.25) is 0 Å². The van der Waals surface area contributed by atoms with Gasteiger partial charge in [-0.3, -0.25) is 9.89 Å². The van der Waals surface area contributed by atoms with Crippen LogP contribution in [-0.4, -0.2) is 42.9 Å². The van der Waals surface area contributed by atoms with E-state index >= 15 is 0 Å². The Kier molecular flexibility index (Phi) is 6.27. The third kappa shape index (κ3) is 4.51. The van der Waals surface area contributed by atoms with E-state index in [0.29, 0.717) is 13.2 Å². The molecule has 0 fully saturated rings. The van der Waals surface area contributed by atoms with Crippen LogP contribution in [0.5, 0.6) is 0 Å². The van der Waals surface area contributed by atoms with Crippen LogP contribution in [0.3, 0.4) is 0 Å². The van der Waals surface area contributed by atoms with Gasteiger partial charge in [0.15, 0.2) is 0 Å². The molecule has 2 aromatic rings. The van der Waals surface area contributed by atoms with Crippen molar-refractivity contribution in [3.05, 3.63) is 24.4 Å². The molecule has 104 valence electrons. The SMILES string of the molecule is COCCNCC(=O)Nc1ccc2[nH]ncc2c1.Cl. The van der Waals surface area contributed by atoms with Gasteiger partial charge in [0.05, 0.1) is 24.9 Å². The van der Waals surface area contributed by atoms with Gasteiger partial charge in [-0.15, -0.1) is 12.4 Å². The van der Waals surface area contributed by atoms with Crippen molar-refractivity contribution in [2.75, 3.05) is 32.1 Å². The molecule has 0 aliphatic heterocycles. The van der Waals surface area contributed by atoms with Crippen molar-refractivity contribution in [1.29, 1.82) is 0 Å². The number of carbonyl (C=O) groups is 1. The molecule has 3 N–H and O–H groups in total. The molecular weight excluding hydrogens is 268 g/mol. The monoisotopic (exact) mass is 284 g/mol. The Morgan fingerprint density at radius 2 is 2.32 bits per heavy atom. The molecule has 6 nitrogen and oxygen atoms in total. The minimum Gasteiger partial charge on any atom is -0.383 e. The highest BCUT2D eigenvalue weighted by molar-refractivity contribution is 5.94. The Balaban J connectivity index is 0.00000180. The molecule has 19 heavy (non-hydrogen) atoms. The van der Waals surface area contributed by atoms with Crippen molar-refractivity contribution >= 4 is 34.9 Å². The summed E-state index contributed by atoms with van der Waals surface area (Å²) in [6.07, 6.45) is 1.72. The second kappa shape index (κ2) is 7.73. The maximum Gasteiger partial charge on any atom is 0.238 e. The van der Waals surface area contributed by atoms with Crippen molar-refractivity contribution in [1.82, 2.24) is 15.5 Å². The van der Waals surface area contributed by atoms with Gasteiger partial charge in [-0.25, -0.2) is 0 Å². The number of H-pyrrole nitrogens is 1. The van der Waals surface area contributed by atoms with Gasteiger partial charge in [0.2, 0.25) is 5.91 Å². The Labute approximate surface area is 117 Å². The zero-order chi connectivity index (χ0) is 12.8. The molecule has 0 aliphatic carbocycles. The third-order valence-corrected chi connectivity index (χ3v) is 2.49. The van der Waals surface area contributed by atoms with E-state index in [2.05, 4.69) is 20.8 Å². The van der Waals surface area contributed by atoms with Crippen molar-refractivity contribution in [2.45, 2.75) is 0 Å². The number of hydrogen-bond donors (Lipinski definition) is 3. The lowest BCUT2D eigenvalue weighted by Gasteiger charge is -2.06. The van der Waals surface area contributed by atoms with Gasteiger partial charge < -0.3 is 15.4 Å². The van der Waals surface area contributed by atoms with Crippen LogP contribution >= 0.6 is 12.4 Å². The number of fused-ring (bicyclic) bond motifs is 1. The summed E-state index contributed by atoms with van der Waals surface area (Å²) in [4.78, 5) is 11.6. The number of ether oxygens (including phenoxy) is 1. The van der Waals surface area contributed by atoms with Gasteiger partial charge in [-0.05, 0) is 18.2 Å². The lowest BCUT2D eigenvalue weighted by molar-refractivity contribution is -0.115. The van der Waals surface area contributed by atoms with Crippen LogP contribution < -0.4 is 10.6 Å². The molecule has 1 aromatic heterocycles. The Morgan fingerprint density at radius 3 is 3.11 bits per heavy atom. The summed E-state index contributed by atoms with van der Waals surface area (Å²) in [6, 6.07) is 5.61. The van der Waals surface area contributed by atoms with Crippen molar-refractivity contribution in [3.63, 3.8) is 0 Å². The van der Waals surface area contributed by atoms with Crippen LogP contribution in [0.1, 0.15) is 0 Å². The summed E-state index contributed by atoms with van der Waals surface area (Å²) < 4.78 is 4.88. The normalized spacial score (nSPS) is 10.2. The number of benzene rings is 1. The standard InChI is InChI=1S/C12H16N4O2.ClH/c1-18-5-4-13-8-12(17)15-10-2-3-11-9(6-10)7-14-16-11;/h2-3,6-7,13H,4-5,8H2,1H3,(H,14,16)(H,15,17);1H. The number of methoxy groups -OCH3 is 1. The van der Waals surface area contributed by atoms with Gasteiger partial charge in [0, 0.05) is 24.7 Å². The highest BCUT2D eigenvalue weighted by Gasteiger charge is 2.03. The van der Waals surface area contributed by atoms with Crippen LogP contribution in [0.4, 0.5) is 5.69 Å². The fourth-order valence-corrected chi connectivity index (χ4v) is 1.60. The topological polar surface area (TPSA) is 79.0 Å². The van der Waals surface area contributed by atoms with Crippen molar-refractivity contribution in [2.24, 2.45) is 0 Å². The molecule has 1 amide bonds. The first kappa shape index (κ1) is 15.4. The molecule has 0 spiro atoms. The van der Waals surface area contributed by atoms with E-state index < -0.39 is 0 Å². The van der Waals surface area contributed by atoms with Crippen LogP contribution in [-0.2, 0) is 9.53 Å². The summed E-state index contributed by atoms with van der Waals surface area (Å²) in [5.74, 6) is -0.0750. The van der Waals surface area contributed by atoms with E-state index in [9.17, 15) is 4.79 Å². The van der Waals surface area contributed by atoms with Crippen LogP contribution in [0.15, 0.2) is 24.4 Å². The minimum absolute atomic E-state index is 0. The lowest BCUT2D eigenvalue weighted by atomic mass is 10.2. The maximum atomic E-state index is 11.6. The number of rotatable bonds is 6. The third-order valence-electron chi connectivity index (χ3n) is 2.49. The molecule has 1 heterocycles. The van der Waals surface area contributed by atoms with Crippen LogP contribution in [0, 0.1) is 0 Å². The molecule has 0 bridgehead atoms. The van der Waals surface area contributed by atoms with Crippen molar-refractivity contribution in [3.8, 4) is 0 Å². The summed E-state index contributed by atoms with van der Waals surface area (Å²) in [7, 11) is 1.63.